The molecule has 1 aromatic rings. The number of nitrogens with one attached hydrogen (secondary N) is 1. The first-order chi connectivity index (χ1) is 9.73. The van der Waals surface area contributed by atoms with E-state index in [0.29, 0.717) is 4.75 Å². The van der Waals surface area contributed by atoms with Crippen LogP contribution in [-0.2, 0) is 12.8 Å². The summed E-state index contributed by atoms with van der Waals surface area (Å²) >= 11 is 2.00. The van der Waals surface area contributed by atoms with E-state index >= 15 is 0 Å². The molecular formula is C17H27NOS. The van der Waals surface area contributed by atoms with Crippen molar-refractivity contribution in [3.8, 4) is 5.75 Å². The summed E-state index contributed by atoms with van der Waals surface area (Å²) in [5.41, 5.74) is 2.80. The summed E-state index contributed by atoms with van der Waals surface area (Å²) < 4.78 is 5.96. The molecule has 0 unspecified atom stereocenters. The first-order valence-electron chi connectivity index (χ1n) is 7.73. The first-order valence-corrected chi connectivity index (χ1v) is 8.96. The van der Waals surface area contributed by atoms with E-state index in [9.17, 15) is 0 Å². The summed E-state index contributed by atoms with van der Waals surface area (Å²) in [5, 5.41) is 3.64. The summed E-state index contributed by atoms with van der Waals surface area (Å²) in [4.78, 5) is 0. The highest BCUT2D eigenvalue weighted by Crippen LogP contribution is 2.29. The van der Waals surface area contributed by atoms with Gasteiger partial charge in [-0.1, -0.05) is 26.0 Å². The van der Waals surface area contributed by atoms with Crippen molar-refractivity contribution in [1.29, 1.82) is 0 Å². The Bertz CT molecular complexity index is 421. The molecule has 0 spiro atoms. The zero-order valence-corrected chi connectivity index (χ0v) is 13.8. The Labute approximate surface area is 127 Å². The van der Waals surface area contributed by atoms with E-state index < -0.39 is 0 Å². The van der Waals surface area contributed by atoms with Gasteiger partial charge in [0.2, 0.25) is 0 Å². The quantitative estimate of drug-likeness (QED) is 0.739. The molecule has 1 N–H and O–H groups in total. The lowest BCUT2D eigenvalue weighted by molar-refractivity contribution is 0.357. The zero-order valence-electron chi connectivity index (χ0n) is 13.0. The third kappa shape index (κ3) is 3.70. The summed E-state index contributed by atoms with van der Waals surface area (Å²) in [6.07, 6.45) is 6.86. The highest BCUT2D eigenvalue weighted by Gasteiger charge is 2.23. The minimum Gasteiger partial charge on any atom is -0.493 e. The van der Waals surface area contributed by atoms with E-state index in [4.69, 9.17) is 4.74 Å². The molecule has 0 bridgehead atoms. The van der Waals surface area contributed by atoms with Crippen LogP contribution in [0, 0.1) is 0 Å². The lowest BCUT2D eigenvalue weighted by atomic mass is 10.0. The minimum atomic E-state index is 0.409. The predicted molar refractivity (Wildman–Crippen MR) is 89.0 cm³/mol. The van der Waals surface area contributed by atoms with E-state index in [1.165, 1.54) is 24.0 Å². The van der Waals surface area contributed by atoms with Crippen LogP contribution in [0.25, 0.3) is 0 Å². The van der Waals surface area contributed by atoms with Crippen LogP contribution >= 0.6 is 11.8 Å². The number of ether oxygens (including phenoxy) is 1. The maximum atomic E-state index is 5.55. The fraction of sp³-hybridized carbons (Fsp3) is 0.647. The predicted octanol–water partition coefficient (Wildman–Crippen LogP) is 3.68. The first kappa shape index (κ1) is 15.7. The second kappa shape index (κ2) is 7.37. The van der Waals surface area contributed by atoms with Crippen molar-refractivity contribution >= 4 is 11.8 Å². The molecule has 1 heterocycles. The molecule has 0 fully saturated rings. The van der Waals surface area contributed by atoms with Crippen LogP contribution in [0.4, 0.5) is 0 Å². The Morgan fingerprint density at radius 3 is 2.80 bits per heavy atom. The highest BCUT2D eigenvalue weighted by molar-refractivity contribution is 8.00. The smallest absolute Gasteiger partial charge is 0.122 e. The van der Waals surface area contributed by atoms with Crippen LogP contribution in [-0.4, -0.2) is 30.7 Å². The number of hydrogen-bond acceptors (Lipinski definition) is 3. The largest absolute Gasteiger partial charge is 0.493 e. The van der Waals surface area contributed by atoms with Gasteiger partial charge < -0.3 is 10.1 Å². The molecule has 0 amide bonds. The molecule has 20 heavy (non-hydrogen) atoms. The SMILES string of the molecule is CCC(CC)(CNCCc1ccc2c(c1)CCO2)SC. The topological polar surface area (TPSA) is 21.3 Å². The molecule has 1 aromatic carbocycles. The summed E-state index contributed by atoms with van der Waals surface area (Å²) in [6, 6.07) is 6.64. The Kier molecular flexibility index (Phi) is 5.79. The lowest BCUT2D eigenvalue weighted by Crippen LogP contribution is -2.37. The molecule has 0 atom stereocenters. The van der Waals surface area contributed by atoms with Gasteiger partial charge in [-0.3, -0.25) is 0 Å². The molecule has 0 aromatic heterocycles. The van der Waals surface area contributed by atoms with Gasteiger partial charge in [0, 0.05) is 17.7 Å². The van der Waals surface area contributed by atoms with Crippen LogP contribution in [0.2, 0.25) is 0 Å². The fourth-order valence-electron chi connectivity index (χ4n) is 2.81. The molecule has 2 rings (SSSR count). The van der Waals surface area contributed by atoms with Gasteiger partial charge in [0.25, 0.3) is 0 Å². The van der Waals surface area contributed by atoms with Crippen LogP contribution < -0.4 is 10.1 Å². The second-order valence-corrected chi connectivity index (χ2v) is 6.84. The Hall–Kier alpha value is -0.670. The van der Waals surface area contributed by atoms with E-state index in [-0.39, 0.29) is 0 Å². The third-order valence-corrected chi connectivity index (χ3v) is 6.10. The van der Waals surface area contributed by atoms with Gasteiger partial charge in [-0.2, -0.15) is 11.8 Å². The number of fused-ring (bicyclic) bond motifs is 1. The lowest BCUT2D eigenvalue weighted by Gasteiger charge is -2.30. The number of benzene rings is 1. The van der Waals surface area contributed by atoms with Crippen molar-refractivity contribution in [1.82, 2.24) is 5.32 Å². The molecule has 1 aliphatic rings. The Morgan fingerprint density at radius 2 is 2.10 bits per heavy atom. The minimum absolute atomic E-state index is 0.409. The summed E-state index contributed by atoms with van der Waals surface area (Å²) in [5.74, 6) is 1.08. The molecule has 1 aliphatic heterocycles. The molecule has 0 radical (unpaired) electrons. The van der Waals surface area contributed by atoms with Gasteiger partial charge in [0.1, 0.15) is 5.75 Å². The maximum Gasteiger partial charge on any atom is 0.122 e. The molecular weight excluding hydrogens is 266 g/mol. The van der Waals surface area contributed by atoms with Crippen LogP contribution in [0.15, 0.2) is 18.2 Å². The van der Waals surface area contributed by atoms with Crippen molar-refractivity contribution < 1.29 is 4.74 Å². The molecule has 0 saturated heterocycles. The Morgan fingerprint density at radius 1 is 1.30 bits per heavy atom. The monoisotopic (exact) mass is 293 g/mol. The highest BCUT2D eigenvalue weighted by atomic mass is 32.2. The zero-order chi connectivity index (χ0) is 14.4. The standard InChI is InChI=1S/C17H27NOS/c1-4-17(5-2,20-3)13-18-10-8-14-6-7-16-15(12-14)9-11-19-16/h6-7,12,18H,4-5,8-11,13H2,1-3H3. The maximum absolute atomic E-state index is 5.55. The van der Waals surface area contributed by atoms with Crippen LogP contribution in [0.5, 0.6) is 5.75 Å². The van der Waals surface area contributed by atoms with Gasteiger partial charge in [0.15, 0.2) is 0 Å². The van der Waals surface area contributed by atoms with Crippen molar-refractivity contribution in [2.75, 3.05) is 26.0 Å². The average molecular weight is 293 g/mol. The van der Waals surface area contributed by atoms with Gasteiger partial charge in [-0.25, -0.2) is 0 Å². The third-order valence-electron chi connectivity index (χ3n) is 4.51. The average Bonchev–Trinajstić information content (AvgIpc) is 2.96. The Balaban J connectivity index is 1.78. The van der Waals surface area contributed by atoms with E-state index in [0.717, 1.165) is 38.3 Å². The molecule has 3 heteroatoms. The molecule has 2 nitrogen and oxygen atoms in total. The van der Waals surface area contributed by atoms with Gasteiger partial charge in [-0.05, 0) is 49.3 Å². The van der Waals surface area contributed by atoms with Gasteiger partial charge in [0.05, 0.1) is 6.61 Å². The fourth-order valence-corrected chi connectivity index (χ4v) is 3.63. The number of thioether (sulfide) groups is 1. The van der Waals surface area contributed by atoms with E-state index in [2.05, 4.69) is 43.6 Å². The number of rotatable bonds is 8. The molecule has 0 aliphatic carbocycles. The van der Waals surface area contributed by atoms with Crippen molar-refractivity contribution in [2.24, 2.45) is 0 Å². The molecule has 112 valence electrons. The normalized spacial score (nSPS) is 14.2. The van der Waals surface area contributed by atoms with E-state index in [1.807, 2.05) is 11.8 Å². The van der Waals surface area contributed by atoms with Crippen LogP contribution in [0.1, 0.15) is 37.8 Å². The second-order valence-electron chi connectivity index (χ2n) is 5.56. The van der Waals surface area contributed by atoms with Gasteiger partial charge in [-0.15, -0.1) is 0 Å². The van der Waals surface area contributed by atoms with Crippen LogP contribution in [0.3, 0.4) is 0 Å². The summed E-state index contributed by atoms with van der Waals surface area (Å²) in [6.45, 7) is 7.60. The van der Waals surface area contributed by atoms with E-state index in [1.54, 1.807) is 0 Å². The number of hydrogen-bond donors (Lipinski definition) is 1. The van der Waals surface area contributed by atoms with Crippen molar-refractivity contribution in [3.05, 3.63) is 29.3 Å². The summed E-state index contributed by atoms with van der Waals surface area (Å²) in [7, 11) is 0. The molecule has 0 saturated carbocycles. The van der Waals surface area contributed by atoms with Gasteiger partial charge >= 0.3 is 0 Å². The van der Waals surface area contributed by atoms with Crippen molar-refractivity contribution in [2.45, 2.75) is 44.3 Å². The van der Waals surface area contributed by atoms with Crippen molar-refractivity contribution in [3.63, 3.8) is 0 Å².